The first-order valence-electron chi connectivity index (χ1n) is 6.52. The Hall–Kier alpha value is -2.20. The van der Waals surface area contributed by atoms with Gasteiger partial charge in [-0.15, -0.1) is 0 Å². The number of halogens is 1. The molecule has 2 aromatic carbocycles. The maximum Gasteiger partial charge on any atom is 0.227 e. The van der Waals surface area contributed by atoms with Crippen molar-refractivity contribution in [3.63, 3.8) is 0 Å². The van der Waals surface area contributed by atoms with Crippen LogP contribution in [0.25, 0.3) is 0 Å². The third kappa shape index (κ3) is 4.68. The summed E-state index contributed by atoms with van der Waals surface area (Å²) >= 11 is 5.81. The van der Waals surface area contributed by atoms with E-state index in [1.807, 2.05) is 31.2 Å². The van der Waals surface area contributed by atoms with Gasteiger partial charge in [0.15, 0.2) is 0 Å². The Balaban J connectivity index is 1.82. The van der Waals surface area contributed by atoms with Gasteiger partial charge < -0.3 is 15.2 Å². The Morgan fingerprint density at radius 2 is 1.95 bits per heavy atom. The Labute approximate surface area is 128 Å². The van der Waals surface area contributed by atoms with Gasteiger partial charge in [-0.3, -0.25) is 4.79 Å². The Morgan fingerprint density at radius 1 is 1.24 bits per heavy atom. The monoisotopic (exact) mass is 305 g/mol. The Morgan fingerprint density at radius 3 is 2.67 bits per heavy atom. The third-order valence-corrected chi connectivity index (χ3v) is 3.09. The number of phenolic OH excluding ortho intramolecular Hbond substituents is 1. The number of aromatic hydroxyl groups is 1. The van der Waals surface area contributed by atoms with E-state index < -0.39 is 0 Å². The van der Waals surface area contributed by atoms with Crippen LogP contribution in [0.1, 0.15) is 12.0 Å². The van der Waals surface area contributed by atoms with Gasteiger partial charge in [-0.1, -0.05) is 29.3 Å². The highest BCUT2D eigenvalue weighted by atomic mass is 35.5. The van der Waals surface area contributed by atoms with E-state index >= 15 is 0 Å². The van der Waals surface area contributed by atoms with Crippen molar-refractivity contribution in [2.75, 3.05) is 11.9 Å². The van der Waals surface area contributed by atoms with Crippen molar-refractivity contribution >= 4 is 23.2 Å². The minimum Gasteiger partial charge on any atom is -0.506 e. The first-order chi connectivity index (χ1) is 10.0. The molecule has 0 radical (unpaired) electrons. The standard InChI is InChI=1S/C16H16ClNO3/c1-11-2-5-13(6-3-11)21-9-8-16(20)18-14-10-12(17)4-7-15(14)19/h2-7,10,19H,8-9H2,1H3,(H,18,20). The van der Waals surface area contributed by atoms with E-state index in [0.29, 0.717) is 10.7 Å². The molecule has 2 N–H and O–H groups in total. The molecule has 0 saturated heterocycles. The molecule has 0 bridgehead atoms. The van der Waals surface area contributed by atoms with Crippen molar-refractivity contribution in [2.24, 2.45) is 0 Å². The molecule has 5 heteroatoms. The van der Waals surface area contributed by atoms with Crippen molar-refractivity contribution in [3.8, 4) is 11.5 Å². The van der Waals surface area contributed by atoms with Crippen LogP contribution in [0.5, 0.6) is 11.5 Å². The molecule has 0 aliphatic rings. The minimum absolute atomic E-state index is 0.0211. The number of hydrogen-bond acceptors (Lipinski definition) is 3. The summed E-state index contributed by atoms with van der Waals surface area (Å²) in [5.74, 6) is 0.450. The number of rotatable bonds is 5. The second kappa shape index (κ2) is 6.99. The van der Waals surface area contributed by atoms with Crippen molar-refractivity contribution in [2.45, 2.75) is 13.3 Å². The highest BCUT2D eigenvalue weighted by Gasteiger charge is 2.07. The van der Waals surface area contributed by atoms with E-state index in [1.54, 1.807) is 6.07 Å². The summed E-state index contributed by atoms with van der Waals surface area (Å²) in [6, 6.07) is 12.1. The number of aryl methyl sites for hydroxylation is 1. The molecular weight excluding hydrogens is 290 g/mol. The van der Waals surface area contributed by atoms with Crippen molar-refractivity contribution in [3.05, 3.63) is 53.1 Å². The molecule has 21 heavy (non-hydrogen) atoms. The third-order valence-electron chi connectivity index (χ3n) is 2.85. The number of benzene rings is 2. The Bertz CT molecular complexity index is 626. The first-order valence-corrected chi connectivity index (χ1v) is 6.90. The lowest BCUT2D eigenvalue weighted by Gasteiger charge is -2.09. The van der Waals surface area contributed by atoms with Crippen molar-refractivity contribution in [1.82, 2.24) is 0 Å². The number of phenols is 1. The second-order valence-electron chi connectivity index (χ2n) is 4.62. The molecule has 0 aromatic heterocycles. The molecule has 0 saturated carbocycles. The summed E-state index contributed by atoms with van der Waals surface area (Å²) in [6.07, 6.45) is 0.180. The molecule has 110 valence electrons. The van der Waals surface area contributed by atoms with E-state index in [4.69, 9.17) is 16.3 Å². The summed E-state index contributed by atoms with van der Waals surface area (Å²) in [5.41, 5.74) is 1.44. The SMILES string of the molecule is Cc1ccc(OCCC(=O)Nc2cc(Cl)ccc2O)cc1. The summed E-state index contributed by atoms with van der Waals surface area (Å²) in [7, 11) is 0. The molecule has 4 nitrogen and oxygen atoms in total. The molecule has 0 heterocycles. The number of ether oxygens (including phenoxy) is 1. The van der Waals surface area contributed by atoms with Gasteiger partial charge in [-0.2, -0.15) is 0 Å². The molecule has 0 unspecified atom stereocenters. The predicted octanol–water partition coefficient (Wildman–Crippen LogP) is 3.76. The molecule has 0 aliphatic heterocycles. The predicted molar refractivity (Wildman–Crippen MR) is 83.0 cm³/mol. The zero-order valence-corrected chi connectivity index (χ0v) is 12.4. The van der Waals surface area contributed by atoms with Crippen LogP contribution in [0.2, 0.25) is 5.02 Å². The topological polar surface area (TPSA) is 58.6 Å². The largest absolute Gasteiger partial charge is 0.506 e. The molecular formula is C16H16ClNO3. The fourth-order valence-electron chi connectivity index (χ4n) is 1.72. The number of carbonyl (C=O) groups is 1. The van der Waals surface area contributed by atoms with Gasteiger partial charge in [0, 0.05) is 5.02 Å². The van der Waals surface area contributed by atoms with Crippen LogP contribution in [-0.2, 0) is 4.79 Å². The number of hydrogen-bond donors (Lipinski definition) is 2. The van der Waals surface area contributed by atoms with Crippen molar-refractivity contribution < 1.29 is 14.6 Å². The summed E-state index contributed by atoms with van der Waals surface area (Å²) in [6.45, 7) is 2.25. The van der Waals surface area contributed by atoms with Crippen LogP contribution < -0.4 is 10.1 Å². The lowest BCUT2D eigenvalue weighted by atomic mass is 10.2. The molecule has 2 rings (SSSR count). The number of carbonyl (C=O) groups excluding carboxylic acids is 1. The fourth-order valence-corrected chi connectivity index (χ4v) is 1.89. The lowest BCUT2D eigenvalue weighted by Crippen LogP contribution is -2.15. The molecule has 0 spiro atoms. The zero-order valence-electron chi connectivity index (χ0n) is 11.6. The van der Waals surface area contributed by atoms with Gasteiger partial charge in [-0.05, 0) is 37.3 Å². The second-order valence-corrected chi connectivity index (χ2v) is 5.06. The van der Waals surface area contributed by atoms with Gasteiger partial charge >= 0.3 is 0 Å². The van der Waals surface area contributed by atoms with Crippen LogP contribution in [-0.4, -0.2) is 17.6 Å². The van der Waals surface area contributed by atoms with Crippen LogP contribution in [0.15, 0.2) is 42.5 Å². The zero-order chi connectivity index (χ0) is 15.2. The van der Waals surface area contributed by atoms with Gasteiger partial charge in [0.05, 0.1) is 18.7 Å². The molecule has 2 aromatic rings. The quantitative estimate of drug-likeness (QED) is 0.827. The van der Waals surface area contributed by atoms with Gasteiger partial charge in [-0.25, -0.2) is 0 Å². The highest BCUT2D eigenvalue weighted by Crippen LogP contribution is 2.26. The van der Waals surface area contributed by atoms with Gasteiger partial charge in [0.25, 0.3) is 0 Å². The minimum atomic E-state index is -0.250. The molecule has 0 aliphatic carbocycles. The van der Waals surface area contributed by atoms with Crippen LogP contribution in [0.3, 0.4) is 0 Å². The number of nitrogens with one attached hydrogen (secondary N) is 1. The van der Waals surface area contributed by atoms with E-state index in [1.165, 1.54) is 12.1 Å². The highest BCUT2D eigenvalue weighted by molar-refractivity contribution is 6.31. The molecule has 0 fully saturated rings. The average molecular weight is 306 g/mol. The van der Waals surface area contributed by atoms with Gasteiger partial charge in [0.2, 0.25) is 5.91 Å². The van der Waals surface area contributed by atoms with E-state index in [2.05, 4.69) is 5.32 Å². The lowest BCUT2D eigenvalue weighted by molar-refractivity contribution is -0.116. The van der Waals surface area contributed by atoms with E-state index in [-0.39, 0.29) is 24.7 Å². The van der Waals surface area contributed by atoms with Crippen molar-refractivity contribution in [1.29, 1.82) is 0 Å². The van der Waals surface area contributed by atoms with E-state index in [9.17, 15) is 9.90 Å². The average Bonchev–Trinajstić information content (AvgIpc) is 2.45. The summed E-state index contributed by atoms with van der Waals surface area (Å²) in [4.78, 5) is 11.8. The maximum absolute atomic E-state index is 11.8. The van der Waals surface area contributed by atoms with E-state index in [0.717, 1.165) is 11.3 Å². The van der Waals surface area contributed by atoms with Crippen LogP contribution in [0.4, 0.5) is 5.69 Å². The smallest absolute Gasteiger partial charge is 0.227 e. The number of anilines is 1. The van der Waals surface area contributed by atoms with Gasteiger partial charge in [0.1, 0.15) is 11.5 Å². The number of amides is 1. The maximum atomic E-state index is 11.8. The first kappa shape index (κ1) is 15.2. The fraction of sp³-hybridized carbons (Fsp3) is 0.188. The summed E-state index contributed by atoms with van der Waals surface area (Å²) in [5, 5.41) is 12.6. The summed E-state index contributed by atoms with van der Waals surface area (Å²) < 4.78 is 5.47. The van der Waals surface area contributed by atoms with Crippen LogP contribution >= 0.6 is 11.6 Å². The molecule has 1 amide bonds. The van der Waals surface area contributed by atoms with Crippen LogP contribution in [0, 0.1) is 6.92 Å². The normalized spacial score (nSPS) is 10.2. The molecule has 0 atom stereocenters. The Kier molecular flexibility index (Phi) is 5.06.